The molecule has 3 aromatic rings. The third-order valence-corrected chi connectivity index (χ3v) is 3.41. The third kappa shape index (κ3) is 2.26. The molecule has 0 saturated carbocycles. The van der Waals surface area contributed by atoms with Crippen LogP contribution >= 0.6 is 0 Å². The van der Waals surface area contributed by atoms with Crippen LogP contribution in [0.5, 0.6) is 0 Å². The van der Waals surface area contributed by atoms with Gasteiger partial charge in [-0.2, -0.15) is 0 Å². The molecule has 0 radical (unpaired) electrons. The van der Waals surface area contributed by atoms with Crippen LogP contribution in [0.1, 0.15) is 17.2 Å². The number of nitrogens with two attached hydrogens (primary N) is 1. The number of aromatic nitrogens is 1. The van der Waals surface area contributed by atoms with Crippen molar-refractivity contribution in [3.05, 3.63) is 60.0 Å². The zero-order valence-electron chi connectivity index (χ0n) is 11.6. The molecule has 1 heterocycles. The monoisotopic (exact) mass is 267 g/mol. The van der Waals surface area contributed by atoms with E-state index in [-0.39, 0.29) is 6.04 Å². The molecule has 2 aromatic carbocycles. The van der Waals surface area contributed by atoms with E-state index in [4.69, 9.17) is 10.2 Å². The Hall–Kier alpha value is -2.33. The summed E-state index contributed by atoms with van der Waals surface area (Å²) in [5, 5.41) is 0. The van der Waals surface area contributed by atoms with Gasteiger partial charge in [0.15, 0.2) is 12.0 Å². The van der Waals surface area contributed by atoms with Crippen LogP contribution in [0.3, 0.4) is 0 Å². The summed E-state index contributed by atoms with van der Waals surface area (Å²) in [4.78, 5) is 6.31. The van der Waals surface area contributed by atoms with E-state index < -0.39 is 0 Å². The number of benzene rings is 2. The molecule has 102 valence electrons. The van der Waals surface area contributed by atoms with Crippen molar-refractivity contribution < 1.29 is 4.42 Å². The van der Waals surface area contributed by atoms with Crippen LogP contribution in [-0.4, -0.2) is 24.0 Å². The number of nitrogens with zero attached hydrogens (tertiary/aromatic N) is 2. The van der Waals surface area contributed by atoms with Gasteiger partial charge >= 0.3 is 0 Å². The van der Waals surface area contributed by atoms with E-state index in [9.17, 15) is 0 Å². The largest absolute Gasteiger partial charge is 0.443 e. The van der Waals surface area contributed by atoms with Crippen LogP contribution in [0, 0.1) is 0 Å². The highest BCUT2D eigenvalue weighted by atomic mass is 16.3. The molecule has 1 unspecified atom stereocenters. The van der Waals surface area contributed by atoms with Crippen molar-refractivity contribution in [2.45, 2.75) is 6.04 Å². The molecule has 0 aliphatic rings. The van der Waals surface area contributed by atoms with E-state index in [0.717, 1.165) is 27.9 Å². The Morgan fingerprint density at radius 2 is 1.90 bits per heavy atom. The molecule has 0 aliphatic heterocycles. The Balaban J connectivity index is 2.10. The van der Waals surface area contributed by atoms with Gasteiger partial charge in [0.25, 0.3) is 0 Å². The van der Waals surface area contributed by atoms with Crippen molar-refractivity contribution in [2.75, 3.05) is 19.8 Å². The van der Waals surface area contributed by atoms with Crippen LogP contribution in [0.2, 0.25) is 0 Å². The smallest absolute Gasteiger partial charge is 0.181 e. The summed E-state index contributed by atoms with van der Waals surface area (Å²) >= 11 is 0. The number of anilines is 1. The normalized spacial score (nSPS) is 12.9. The van der Waals surface area contributed by atoms with Gasteiger partial charge in [0.05, 0.1) is 6.04 Å². The molecular weight excluding hydrogens is 250 g/mol. The second-order valence-corrected chi connectivity index (χ2v) is 5.12. The zero-order chi connectivity index (χ0) is 14.1. The van der Waals surface area contributed by atoms with E-state index in [2.05, 4.69) is 36.1 Å². The molecule has 1 aromatic heterocycles. The molecule has 0 amide bonds. The number of hydrogen-bond acceptors (Lipinski definition) is 4. The lowest BCUT2D eigenvalue weighted by atomic mass is 9.97. The molecule has 4 heteroatoms. The van der Waals surface area contributed by atoms with E-state index in [0.29, 0.717) is 0 Å². The summed E-state index contributed by atoms with van der Waals surface area (Å²) in [6.45, 7) is 0. The molecule has 3 rings (SSSR count). The van der Waals surface area contributed by atoms with Gasteiger partial charge in [0.2, 0.25) is 0 Å². The first-order chi connectivity index (χ1) is 9.65. The predicted octanol–water partition coefficient (Wildman–Crippen LogP) is 3.06. The maximum Gasteiger partial charge on any atom is 0.181 e. The SMILES string of the molecule is CN(C)C(c1cccc(N)c1)c1ccc2ncoc2c1. The van der Waals surface area contributed by atoms with Crippen molar-refractivity contribution in [1.82, 2.24) is 9.88 Å². The molecule has 0 aliphatic carbocycles. The van der Waals surface area contributed by atoms with Gasteiger partial charge < -0.3 is 10.2 Å². The molecular formula is C16H17N3O. The number of hydrogen-bond donors (Lipinski definition) is 1. The molecule has 0 fully saturated rings. The van der Waals surface area contributed by atoms with Crippen molar-refractivity contribution in [3.63, 3.8) is 0 Å². The average Bonchev–Trinajstić information content (AvgIpc) is 2.86. The number of nitrogen functional groups attached to an aromatic ring is 1. The lowest BCUT2D eigenvalue weighted by molar-refractivity contribution is 0.342. The highest BCUT2D eigenvalue weighted by Crippen LogP contribution is 2.29. The highest BCUT2D eigenvalue weighted by Gasteiger charge is 2.17. The fourth-order valence-electron chi connectivity index (χ4n) is 2.56. The fraction of sp³-hybridized carbons (Fsp3) is 0.188. The lowest BCUT2D eigenvalue weighted by Gasteiger charge is -2.25. The van der Waals surface area contributed by atoms with E-state index in [1.54, 1.807) is 0 Å². The van der Waals surface area contributed by atoms with Crippen LogP contribution < -0.4 is 5.73 Å². The van der Waals surface area contributed by atoms with Crippen LogP contribution in [-0.2, 0) is 0 Å². The van der Waals surface area contributed by atoms with Crippen molar-refractivity contribution in [3.8, 4) is 0 Å². The molecule has 1 atom stereocenters. The second-order valence-electron chi connectivity index (χ2n) is 5.12. The highest BCUT2D eigenvalue weighted by molar-refractivity contribution is 5.73. The summed E-state index contributed by atoms with van der Waals surface area (Å²) in [5.74, 6) is 0. The van der Waals surface area contributed by atoms with Crippen molar-refractivity contribution in [2.24, 2.45) is 0 Å². The minimum Gasteiger partial charge on any atom is -0.443 e. The minimum absolute atomic E-state index is 0.132. The Morgan fingerprint density at radius 3 is 2.65 bits per heavy atom. The summed E-state index contributed by atoms with van der Waals surface area (Å²) in [6, 6.07) is 14.2. The maximum absolute atomic E-state index is 5.90. The quantitative estimate of drug-likeness (QED) is 0.741. The first kappa shape index (κ1) is 12.7. The van der Waals surface area contributed by atoms with E-state index >= 15 is 0 Å². The fourth-order valence-corrected chi connectivity index (χ4v) is 2.56. The van der Waals surface area contributed by atoms with Gasteiger partial charge in [-0.25, -0.2) is 4.98 Å². The zero-order valence-corrected chi connectivity index (χ0v) is 11.6. The number of oxazole rings is 1. The second kappa shape index (κ2) is 4.98. The molecule has 4 nitrogen and oxygen atoms in total. The third-order valence-electron chi connectivity index (χ3n) is 3.41. The molecule has 0 spiro atoms. The van der Waals surface area contributed by atoms with Crippen LogP contribution in [0.4, 0.5) is 5.69 Å². The summed E-state index contributed by atoms with van der Waals surface area (Å²) in [5.41, 5.74) is 10.7. The Kier molecular flexibility index (Phi) is 3.16. The summed E-state index contributed by atoms with van der Waals surface area (Å²) in [7, 11) is 4.11. The van der Waals surface area contributed by atoms with E-state index in [1.807, 2.05) is 30.3 Å². The summed E-state index contributed by atoms with van der Waals surface area (Å²) < 4.78 is 5.39. The van der Waals surface area contributed by atoms with Gasteiger partial charge in [-0.1, -0.05) is 18.2 Å². The minimum atomic E-state index is 0.132. The number of rotatable bonds is 3. The molecule has 0 bridgehead atoms. The van der Waals surface area contributed by atoms with Crippen molar-refractivity contribution in [1.29, 1.82) is 0 Å². The molecule has 20 heavy (non-hydrogen) atoms. The summed E-state index contributed by atoms with van der Waals surface area (Å²) in [6.07, 6.45) is 1.47. The van der Waals surface area contributed by atoms with Gasteiger partial charge in [0, 0.05) is 5.69 Å². The van der Waals surface area contributed by atoms with Gasteiger partial charge in [-0.3, -0.25) is 4.90 Å². The molecule has 0 saturated heterocycles. The van der Waals surface area contributed by atoms with Crippen LogP contribution in [0.25, 0.3) is 11.1 Å². The topological polar surface area (TPSA) is 55.3 Å². The Morgan fingerprint density at radius 1 is 1.10 bits per heavy atom. The van der Waals surface area contributed by atoms with Gasteiger partial charge in [0.1, 0.15) is 5.52 Å². The lowest BCUT2D eigenvalue weighted by Crippen LogP contribution is -2.21. The Labute approximate surface area is 117 Å². The molecule has 2 N–H and O–H groups in total. The first-order valence-electron chi connectivity index (χ1n) is 6.50. The van der Waals surface area contributed by atoms with Crippen molar-refractivity contribution >= 4 is 16.8 Å². The standard InChI is InChI=1S/C16H17N3O/c1-19(2)16(11-4-3-5-13(17)8-11)12-6-7-14-15(9-12)20-10-18-14/h3-10,16H,17H2,1-2H3. The number of fused-ring (bicyclic) bond motifs is 1. The Bertz CT molecular complexity index is 733. The van der Waals surface area contributed by atoms with E-state index in [1.165, 1.54) is 6.39 Å². The van der Waals surface area contributed by atoms with Gasteiger partial charge in [-0.15, -0.1) is 0 Å². The van der Waals surface area contributed by atoms with Gasteiger partial charge in [-0.05, 0) is 49.5 Å². The average molecular weight is 267 g/mol. The maximum atomic E-state index is 5.90. The van der Waals surface area contributed by atoms with Crippen LogP contribution in [0.15, 0.2) is 53.3 Å². The predicted molar refractivity (Wildman–Crippen MR) is 80.4 cm³/mol. The first-order valence-corrected chi connectivity index (χ1v) is 6.50.